The number of nitrogens with zero attached hydrogens (tertiary/aromatic N) is 4. The summed E-state index contributed by atoms with van der Waals surface area (Å²) in [4.78, 5) is 93.5. The third-order valence-corrected chi connectivity index (χ3v) is 12.6. The van der Waals surface area contributed by atoms with Gasteiger partial charge in [-0.25, -0.2) is 9.29 Å². The number of ether oxygens (including phenoxy) is 3. The fourth-order valence-electron chi connectivity index (χ4n) is 8.16. The molecule has 0 spiro atoms. The lowest BCUT2D eigenvalue weighted by atomic mass is 9.93. The molecule has 2 aromatic carbocycles. The Kier molecular flexibility index (Phi) is 26.0. The minimum absolute atomic E-state index is 0.0170. The van der Waals surface area contributed by atoms with Crippen LogP contribution in [-0.4, -0.2) is 138 Å². The average molecular weight is 1160 g/mol. The van der Waals surface area contributed by atoms with Gasteiger partial charge in [0.05, 0.1) is 80.7 Å². The third kappa shape index (κ3) is 18.3. The topological polar surface area (TPSA) is 249 Å². The second-order valence-electron chi connectivity index (χ2n) is 18.2. The molecule has 4 heterocycles. The minimum Gasteiger partial charge on any atom is -0.778 e. The molecule has 418 valence electrons. The van der Waals surface area contributed by atoms with Gasteiger partial charge in [0.25, 0.3) is 23.6 Å². The molecule has 19 nitrogen and oxygen atoms in total. The standard InChI is InChI=1S/C19H15FN2O4.C15H22ClNO2.C11H13Cl2NO3.C3H8NO5P.C3H9S/c1-2-7-21-15-9-14(13(20)8-16(15)26-10-17(21)23)22-18(24)11-5-3-4-6-12(11)19(22)25;1-5-13-8-6-7-11(2)15(13)17(14(18)9-16)12(3)10-19-4;1-11(2)14(10(15)9(12)13)6-8(17-11)7-4-3-5-16-7;5-3(6)1-4-2-10(7,8)9;1-4(2)3/h1,8-9H,3-7,10H2;6-8,12H,5,9-10H2,1-4H3;3-5,8-9H,6H2,1-2H3;4H,1-2H2,(H,5,6)(H2,7,8,9);1-3H3/q;;;;+1/p-1. The van der Waals surface area contributed by atoms with Crippen molar-refractivity contribution in [2.45, 2.75) is 89.4 Å². The van der Waals surface area contributed by atoms with E-state index in [2.05, 4.69) is 37.7 Å². The number of alkyl halides is 3. The van der Waals surface area contributed by atoms with Gasteiger partial charge in [-0.05, 0) is 100 Å². The summed E-state index contributed by atoms with van der Waals surface area (Å²) in [5, 5.41) is 9.97. The number of benzene rings is 2. The van der Waals surface area contributed by atoms with Crippen molar-refractivity contribution in [3.05, 3.63) is 82.6 Å². The molecule has 1 aromatic heterocycles. The maximum absolute atomic E-state index is 14.7. The Hall–Kier alpha value is -4.98. The van der Waals surface area contributed by atoms with E-state index in [-0.39, 0.29) is 66.0 Å². The van der Waals surface area contributed by atoms with Crippen molar-refractivity contribution in [1.82, 2.24) is 10.2 Å². The normalized spacial score (nSPS) is 17.5. The number of aryl methyl sites for hydroxylation is 2. The number of aliphatic carboxylic acids is 1. The number of halogens is 4. The number of hydrogen-bond donors (Lipinski definition) is 3. The van der Waals surface area contributed by atoms with E-state index < -0.39 is 54.6 Å². The molecule has 0 saturated carbocycles. The first kappa shape index (κ1) is 65.3. The third-order valence-electron chi connectivity index (χ3n) is 11.4. The number of rotatable bonds is 14. The predicted octanol–water partition coefficient (Wildman–Crippen LogP) is 6.47. The number of carboxylic acid groups (broad SMARTS) is 1. The largest absolute Gasteiger partial charge is 0.778 e. The second-order valence-corrected chi connectivity index (χ2v) is 23.6. The van der Waals surface area contributed by atoms with E-state index in [1.807, 2.05) is 37.4 Å². The maximum Gasteiger partial charge on any atom is 0.317 e. The first-order chi connectivity index (χ1) is 35.6. The van der Waals surface area contributed by atoms with E-state index >= 15 is 0 Å². The first-order valence-corrected chi connectivity index (χ1v) is 29.3. The Morgan fingerprint density at radius 1 is 1.08 bits per heavy atom. The fraction of sp³-hybridized carbons (Fsp3) is 0.490. The van der Waals surface area contributed by atoms with Crippen LogP contribution in [0.15, 0.2) is 64.3 Å². The van der Waals surface area contributed by atoms with Crippen molar-refractivity contribution < 1.29 is 71.2 Å². The molecule has 1 saturated heterocycles. The lowest BCUT2D eigenvalue weighted by Gasteiger charge is -2.31. The Bertz CT molecular complexity index is 2620. The molecule has 5 amide bonds. The van der Waals surface area contributed by atoms with E-state index in [1.54, 1.807) is 38.2 Å². The van der Waals surface area contributed by atoms with Gasteiger partial charge in [-0.15, -0.1) is 18.0 Å². The highest BCUT2D eigenvalue weighted by Gasteiger charge is 2.45. The van der Waals surface area contributed by atoms with Gasteiger partial charge in [0.15, 0.2) is 17.3 Å². The Labute approximate surface area is 460 Å². The van der Waals surface area contributed by atoms with Gasteiger partial charge in [0.1, 0.15) is 36.8 Å². The molecular weight excluding hydrogens is 1090 g/mol. The molecule has 3 N–H and O–H groups in total. The molecular formula is C51H66Cl3FN5O14PS. The summed E-state index contributed by atoms with van der Waals surface area (Å²) in [7, 11) is -2.07. The molecule has 1 aliphatic carbocycles. The lowest BCUT2D eigenvalue weighted by molar-refractivity contribution is -0.193. The number of methoxy groups -OCH3 is 1. The van der Waals surface area contributed by atoms with Crippen LogP contribution in [-0.2, 0) is 60.1 Å². The number of terminal acetylenes is 1. The number of imide groups is 1. The minimum atomic E-state index is -4.35. The van der Waals surface area contributed by atoms with Crippen molar-refractivity contribution in [3.8, 4) is 18.1 Å². The molecule has 7 rings (SSSR count). The van der Waals surface area contributed by atoms with E-state index in [1.165, 1.54) is 15.9 Å². The van der Waals surface area contributed by atoms with Gasteiger partial charge < -0.3 is 47.9 Å². The van der Waals surface area contributed by atoms with Crippen molar-refractivity contribution in [3.63, 3.8) is 0 Å². The molecule has 3 atom stereocenters. The molecule has 4 aliphatic rings. The number of carboxylic acids is 1. The molecule has 3 aliphatic heterocycles. The van der Waals surface area contributed by atoms with Crippen LogP contribution in [0.3, 0.4) is 0 Å². The maximum atomic E-state index is 14.7. The summed E-state index contributed by atoms with van der Waals surface area (Å²) in [6.07, 6.45) is 16.1. The van der Waals surface area contributed by atoms with Crippen LogP contribution in [0.4, 0.5) is 21.5 Å². The number of carbonyl (C=O) groups excluding carboxylic acids is 5. The van der Waals surface area contributed by atoms with Gasteiger partial charge in [-0.1, -0.05) is 54.2 Å². The highest BCUT2D eigenvalue weighted by Crippen LogP contribution is 2.42. The Morgan fingerprint density at radius 2 is 1.70 bits per heavy atom. The molecule has 0 bridgehead atoms. The smallest absolute Gasteiger partial charge is 0.317 e. The summed E-state index contributed by atoms with van der Waals surface area (Å²) >= 11 is 17.0. The lowest BCUT2D eigenvalue weighted by Crippen LogP contribution is -2.45. The molecule has 25 heteroatoms. The Morgan fingerprint density at radius 3 is 2.20 bits per heavy atom. The Balaban J connectivity index is 0.000000272. The number of anilines is 3. The average Bonchev–Trinajstić information content (AvgIpc) is 4.06. The van der Waals surface area contributed by atoms with Crippen LogP contribution in [0.5, 0.6) is 5.75 Å². The van der Waals surface area contributed by atoms with Gasteiger partial charge >= 0.3 is 5.97 Å². The van der Waals surface area contributed by atoms with Crippen LogP contribution in [0.1, 0.15) is 76.4 Å². The van der Waals surface area contributed by atoms with E-state index in [0.29, 0.717) is 53.8 Å². The molecule has 76 heavy (non-hydrogen) atoms. The summed E-state index contributed by atoms with van der Waals surface area (Å²) in [6, 6.07) is 12.0. The number of para-hydroxylation sites is 1. The number of furan rings is 1. The van der Waals surface area contributed by atoms with Gasteiger partial charge in [0, 0.05) is 24.3 Å². The zero-order valence-electron chi connectivity index (χ0n) is 43.9. The van der Waals surface area contributed by atoms with Crippen molar-refractivity contribution in [2.75, 3.05) is 85.6 Å². The van der Waals surface area contributed by atoms with Crippen molar-refractivity contribution in [1.29, 1.82) is 0 Å². The number of carbonyl (C=O) groups is 6. The van der Waals surface area contributed by atoms with Gasteiger partial charge in [-0.2, -0.15) is 0 Å². The van der Waals surface area contributed by atoms with E-state index in [4.69, 9.17) is 69.9 Å². The molecule has 0 radical (unpaired) electrons. The number of nitrogens with one attached hydrogen (secondary N) is 1. The number of hydrogen-bond acceptors (Lipinski definition) is 13. The second kappa shape index (κ2) is 30.2. The van der Waals surface area contributed by atoms with Crippen LogP contribution in [0.2, 0.25) is 0 Å². The summed E-state index contributed by atoms with van der Waals surface area (Å²) in [6.45, 7) is 9.79. The quantitative estimate of drug-likeness (QED) is 0.0515. The summed E-state index contributed by atoms with van der Waals surface area (Å²) in [5.74, 6) is -0.542. The fourth-order valence-corrected chi connectivity index (χ4v) is 8.92. The first-order valence-electron chi connectivity index (χ1n) is 23.7. The van der Waals surface area contributed by atoms with Crippen molar-refractivity contribution in [2.24, 2.45) is 0 Å². The van der Waals surface area contributed by atoms with Crippen LogP contribution in [0.25, 0.3) is 0 Å². The summed E-state index contributed by atoms with van der Waals surface area (Å²) in [5.41, 5.74) is 3.46. The molecule has 3 aromatic rings. The highest BCUT2D eigenvalue weighted by atomic mass is 35.5. The summed E-state index contributed by atoms with van der Waals surface area (Å²) < 4.78 is 46.1. The zero-order valence-corrected chi connectivity index (χ0v) is 47.8. The van der Waals surface area contributed by atoms with Gasteiger partial charge in [-0.3, -0.25) is 39.0 Å². The highest BCUT2D eigenvalue weighted by molar-refractivity contribution is 7.94. The van der Waals surface area contributed by atoms with Gasteiger partial charge in [0.2, 0.25) is 5.91 Å². The monoisotopic (exact) mass is 1160 g/mol. The van der Waals surface area contributed by atoms with Crippen LogP contribution >= 0.6 is 42.4 Å². The van der Waals surface area contributed by atoms with Crippen LogP contribution < -0.4 is 29.6 Å². The zero-order chi connectivity index (χ0) is 57.2. The molecule has 3 unspecified atom stereocenters. The van der Waals surface area contributed by atoms with Crippen LogP contribution in [0, 0.1) is 25.1 Å². The van der Waals surface area contributed by atoms with E-state index in [0.717, 1.165) is 47.0 Å². The molecule has 1 fully saturated rings. The van der Waals surface area contributed by atoms with E-state index in [9.17, 15) is 42.6 Å². The SMILES string of the molecule is C#CCN1C(=O)COc2cc(F)c(N3C(=O)C4=C(CCCC4)C3=O)cc21.CC1(C)OC(c2ccco2)CN1C(=O)C(Cl)Cl.CCc1cccc(C)c1N(C(=O)CCl)C(C)COC.C[S+](C)C.O=C(O)CNCP(=O)([O-])O. The number of fused-ring (bicyclic) bond motifs is 1. The number of amides is 5. The van der Waals surface area contributed by atoms with Crippen molar-refractivity contribution >= 4 is 106 Å². The predicted molar refractivity (Wildman–Crippen MR) is 290 cm³/mol.